The third-order valence-corrected chi connectivity index (χ3v) is 8.08. The predicted octanol–water partition coefficient (Wildman–Crippen LogP) is 5.70. The van der Waals surface area contributed by atoms with E-state index in [0.717, 1.165) is 11.1 Å². The molecule has 4 rings (SSSR count). The number of aryl methyl sites for hydroxylation is 2. The molecule has 0 bridgehead atoms. The van der Waals surface area contributed by atoms with Crippen LogP contribution in [0.1, 0.15) is 11.1 Å². The second-order valence-electron chi connectivity index (χ2n) is 7.92. The molecule has 0 aliphatic carbocycles. The number of rotatable bonds is 8. The van der Waals surface area contributed by atoms with Crippen LogP contribution in [0.3, 0.4) is 0 Å². The summed E-state index contributed by atoms with van der Waals surface area (Å²) in [5.41, 5.74) is 2.72. The van der Waals surface area contributed by atoms with Gasteiger partial charge in [0.1, 0.15) is 11.5 Å². The summed E-state index contributed by atoms with van der Waals surface area (Å²) in [7, 11) is -7.71. The van der Waals surface area contributed by atoms with E-state index in [1.165, 1.54) is 36.4 Å². The lowest BCUT2D eigenvalue weighted by Crippen LogP contribution is -2.14. The average Bonchev–Trinajstić information content (AvgIpc) is 2.82. The van der Waals surface area contributed by atoms with E-state index in [4.69, 9.17) is 4.74 Å². The molecule has 7 nitrogen and oxygen atoms in total. The number of ether oxygens (including phenoxy) is 1. The largest absolute Gasteiger partial charge is 0.457 e. The van der Waals surface area contributed by atoms with Gasteiger partial charge in [-0.2, -0.15) is 0 Å². The highest BCUT2D eigenvalue weighted by molar-refractivity contribution is 7.93. The van der Waals surface area contributed by atoms with Gasteiger partial charge in [0.2, 0.25) is 0 Å². The molecule has 2 N–H and O–H groups in total. The minimum Gasteiger partial charge on any atom is -0.457 e. The topological polar surface area (TPSA) is 102 Å². The van der Waals surface area contributed by atoms with Crippen LogP contribution in [0.4, 0.5) is 11.4 Å². The van der Waals surface area contributed by atoms with Gasteiger partial charge in [0.05, 0.1) is 9.79 Å². The van der Waals surface area contributed by atoms with Gasteiger partial charge in [-0.3, -0.25) is 9.44 Å². The number of hydrogen-bond donors (Lipinski definition) is 2. The molecule has 0 aromatic heterocycles. The summed E-state index contributed by atoms with van der Waals surface area (Å²) in [6.07, 6.45) is 0. The maximum absolute atomic E-state index is 12.8. The van der Waals surface area contributed by atoms with E-state index >= 15 is 0 Å². The number of benzene rings is 4. The number of para-hydroxylation sites is 1. The SMILES string of the molecule is Cc1ccc(NS(=O)(=O)c2ccc(NS(=O)(=O)c3ccc(Oc4ccccc4)cc3)cc2)cc1C. The van der Waals surface area contributed by atoms with Crippen molar-refractivity contribution in [3.63, 3.8) is 0 Å². The molecule has 0 saturated heterocycles. The van der Waals surface area contributed by atoms with Gasteiger partial charge in [-0.25, -0.2) is 16.8 Å². The van der Waals surface area contributed by atoms with E-state index in [1.807, 2.05) is 38.1 Å². The summed E-state index contributed by atoms with van der Waals surface area (Å²) < 4.78 is 61.7. The Morgan fingerprint density at radius 3 is 1.60 bits per heavy atom. The number of hydrogen-bond acceptors (Lipinski definition) is 5. The molecule has 0 saturated carbocycles. The third kappa shape index (κ3) is 6.00. The molecule has 0 heterocycles. The van der Waals surface area contributed by atoms with E-state index in [9.17, 15) is 16.8 Å². The van der Waals surface area contributed by atoms with Crippen molar-refractivity contribution in [2.75, 3.05) is 9.44 Å². The van der Waals surface area contributed by atoms with Crippen molar-refractivity contribution in [3.8, 4) is 11.5 Å². The van der Waals surface area contributed by atoms with Crippen LogP contribution in [0, 0.1) is 13.8 Å². The summed E-state index contributed by atoms with van der Waals surface area (Å²) in [5, 5.41) is 0. The predicted molar refractivity (Wildman–Crippen MR) is 137 cm³/mol. The summed E-state index contributed by atoms with van der Waals surface area (Å²) >= 11 is 0. The fourth-order valence-corrected chi connectivity index (χ4v) is 5.35. The summed E-state index contributed by atoms with van der Waals surface area (Å²) in [4.78, 5) is 0.0621. The zero-order valence-electron chi connectivity index (χ0n) is 19.1. The second-order valence-corrected chi connectivity index (χ2v) is 11.3. The minimum absolute atomic E-state index is 0.0149. The molecule has 0 atom stereocenters. The van der Waals surface area contributed by atoms with E-state index < -0.39 is 20.0 Å². The van der Waals surface area contributed by atoms with Gasteiger partial charge in [-0.1, -0.05) is 24.3 Å². The molecule has 0 radical (unpaired) electrons. The molecule has 0 aliphatic rings. The zero-order valence-corrected chi connectivity index (χ0v) is 20.7. The third-order valence-electron chi connectivity index (χ3n) is 5.29. The lowest BCUT2D eigenvalue weighted by atomic mass is 10.1. The molecule has 0 unspecified atom stereocenters. The van der Waals surface area contributed by atoms with Gasteiger partial charge in [-0.05, 0) is 97.8 Å². The molecule has 4 aromatic rings. The highest BCUT2D eigenvalue weighted by Crippen LogP contribution is 2.25. The molecule has 9 heteroatoms. The Labute approximate surface area is 205 Å². The van der Waals surface area contributed by atoms with Gasteiger partial charge in [-0.15, -0.1) is 0 Å². The normalized spacial score (nSPS) is 11.6. The van der Waals surface area contributed by atoms with Gasteiger partial charge in [0.25, 0.3) is 20.0 Å². The Bertz CT molecular complexity index is 1530. The standard InChI is InChI=1S/C26H24N2O5S2/c1-19-8-9-22(18-20(19)2)28-35(31,32)25-14-10-21(11-15-25)27-34(29,30)26-16-12-24(13-17-26)33-23-6-4-3-5-7-23/h3-18,27-28H,1-2H3. The molecule has 0 spiro atoms. The Morgan fingerprint density at radius 2 is 1.03 bits per heavy atom. The Hall–Kier alpha value is -3.82. The molecule has 180 valence electrons. The number of sulfonamides is 2. The lowest BCUT2D eigenvalue weighted by molar-refractivity contribution is 0.482. The molecule has 35 heavy (non-hydrogen) atoms. The van der Waals surface area contributed by atoms with Crippen LogP contribution in [0.15, 0.2) is 107 Å². The maximum Gasteiger partial charge on any atom is 0.261 e. The van der Waals surface area contributed by atoms with Crippen molar-refractivity contribution in [2.24, 2.45) is 0 Å². The summed E-state index contributed by atoms with van der Waals surface area (Å²) in [6.45, 7) is 3.85. The molecule has 0 fully saturated rings. The number of anilines is 2. The first kappa shape index (κ1) is 24.3. The van der Waals surface area contributed by atoms with Crippen LogP contribution in [0.2, 0.25) is 0 Å². The highest BCUT2D eigenvalue weighted by atomic mass is 32.2. The van der Waals surface area contributed by atoms with Crippen LogP contribution >= 0.6 is 0 Å². The van der Waals surface area contributed by atoms with Gasteiger partial charge in [0.15, 0.2) is 0 Å². The smallest absolute Gasteiger partial charge is 0.261 e. The first-order valence-corrected chi connectivity index (χ1v) is 13.6. The van der Waals surface area contributed by atoms with Crippen LogP contribution in [-0.4, -0.2) is 16.8 Å². The van der Waals surface area contributed by atoms with Crippen LogP contribution < -0.4 is 14.2 Å². The first-order chi connectivity index (χ1) is 16.6. The number of nitrogens with one attached hydrogen (secondary N) is 2. The van der Waals surface area contributed by atoms with Crippen LogP contribution in [0.25, 0.3) is 0 Å². The van der Waals surface area contributed by atoms with E-state index in [-0.39, 0.29) is 15.5 Å². The molecule has 0 amide bonds. The van der Waals surface area contributed by atoms with E-state index in [0.29, 0.717) is 17.2 Å². The molecule has 0 aliphatic heterocycles. The van der Waals surface area contributed by atoms with Gasteiger partial charge < -0.3 is 4.74 Å². The van der Waals surface area contributed by atoms with Crippen molar-refractivity contribution in [2.45, 2.75) is 23.6 Å². The van der Waals surface area contributed by atoms with E-state index in [1.54, 1.807) is 36.4 Å². The fraction of sp³-hybridized carbons (Fsp3) is 0.0769. The lowest BCUT2D eigenvalue weighted by Gasteiger charge is -2.12. The van der Waals surface area contributed by atoms with Gasteiger partial charge >= 0.3 is 0 Å². The Morgan fingerprint density at radius 1 is 0.543 bits per heavy atom. The van der Waals surface area contributed by atoms with Crippen LogP contribution in [0.5, 0.6) is 11.5 Å². The van der Waals surface area contributed by atoms with Crippen molar-refractivity contribution in [1.29, 1.82) is 0 Å². The maximum atomic E-state index is 12.8. The van der Waals surface area contributed by atoms with E-state index in [2.05, 4.69) is 9.44 Å². The zero-order chi connectivity index (χ0) is 25.1. The van der Waals surface area contributed by atoms with Crippen molar-refractivity contribution < 1.29 is 21.6 Å². The quantitative estimate of drug-likeness (QED) is 0.318. The van der Waals surface area contributed by atoms with Crippen LogP contribution in [-0.2, 0) is 20.0 Å². The monoisotopic (exact) mass is 508 g/mol. The first-order valence-electron chi connectivity index (χ1n) is 10.7. The minimum atomic E-state index is -3.88. The highest BCUT2D eigenvalue weighted by Gasteiger charge is 2.17. The Balaban J connectivity index is 1.45. The van der Waals surface area contributed by atoms with Crippen molar-refractivity contribution in [3.05, 3.63) is 108 Å². The molecule has 4 aromatic carbocycles. The molecular weight excluding hydrogens is 484 g/mol. The summed E-state index contributed by atoms with van der Waals surface area (Å²) in [5.74, 6) is 1.14. The van der Waals surface area contributed by atoms with Gasteiger partial charge in [0, 0.05) is 11.4 Å². The average molecular weight is 509 g/mol. The second kappa shape index (κ2) is 9.81. The summed E-state index contributed by atoms with van der Waals surface area (Å²) in [6, 6.07) is 25.9. The fourth-order valence-electron chi connectivity index (χ4n) is 3.25. The Kier molecular flexibility index (Phi) is 6.81. The van der Waals surface area contributed by atoms with Crippen molar-refractivity contribution in [1.82, 2.24) is 0 Å². The molecular formula is C26H24N2O5S2. The van der Waals surface area contributed by atoms with Crippen molar-refractivity contribution >= 4 is 31.4 Å².